The van der Waals surface area contributed by atoms with Crippen LogP contribution in [0.4, 0.5) is 0 Å². The molecule has 0 atom stereocenters. The van der Waals surface area contributed by atoms with E-state index in [1.165, 1.54) is 60.1 Å². The highest BCUT2D eigenvalue weighted by Crippen LogP contribution is 2.49. The fourth-order valence-electron chi connectivity index (χ4n) is 9.12. The molecule has 0 saturated heterocycles. The Kier molecular flexibility index (Phi) is 7.01. The summed E-state index contributed by atoms with van der Waals surface area (Å²) in [4.78, 5) is 13.1. The first-order valence-electron chi connectivity index (χ1n) is 19.6. The Morgan fingerprint density at radius 2 is 1.10 bits per heavy atom. The third-order valence-corrected chi connectivity index (χ3v) is 11.8. The maximum Gasteiger partial charge on any atom is 0.229 e. The zero-order valence-electron chi connectivity index (χ0n) is 31.2. The van der Waals surface area contributed by atoms with Gasteiger partial charge in [-0.25, -0.2) is 4.98 Å². The zero-order chi connectivity index (χ0) is 38.3. The number of H-pyrrole nitrogens is 1. The summed E-state index contributed by atoms with van der Waals surface area (Å²) in [6.45, 7) is 0. The maximum atomic E-state index is 9.12. The van der Waals surface area contributed by atoms with Gasteiger partial charge in [0.15, 0.2) is 5.84 Å². The maximum absolute atomic E-state index is 9.12. The molecule has 12 rings (SSSR count). The number of aromatic amines is 1. The minimum Gasteiger partial charge on any atom is -0.323 e. The average molecular weight is 740 g/mol. The summed E-state index contributed by atoms with van der Waals surface area (Å²) in [6, 6.07) is 66.4. The number of nitrogens with one attached hydrogen (secondary N) is 2. The quantitative estimate of drug-likeness (QED) is 0.137. The van der Waals surface area contributed by atoms with Gasteiger partial charge >= 0.3 is 0 Å². The van der Waals surface area contributed by atoms with E-state index in [-0.39, 0.29) is 5.84 Å². The lowest BCUT2D eigenvalue weighted by molar-refractivity contribution is 1.05. The van der Waals surface area contributed by atoms with Gasteiger partial charge in [-0.2, -0.15) is 4.99 Å². The summed E-state index contributed by atoms with van der Waals surface area (Å²) in [7, 11) is 0. The molecule has 2 aromatic heterocycles. The smallest absolute Gasteiger partial charge is 0.229 e. The van der Waals surface area contributed by atoms with Crippen molar-refractivity contribution >= 4 is 60.1 Å². The second-order valence-electron chi connectivity index (χ2n) is 15.0. The predicted molar refractivity (Wildman–Crippen MR) is 240 cm³/mol. The average Bonchev–Trinajstić information content (AvgIpc) is 3.57. The van der Waals surface area contributed by atoms with E-state index in [0.29, 0.717) is 11.2 Å². The first kappa shape index (κ1) is 32.4. The van der Waals surface area contributed by atoms with Gasteiger partial charge in [0.25, 0.3) is 0 Å². The number of para-hydroxylation sites is 1. The molecule has 1 aliphatic rings. The van der Waals surface area contributed by atoms with Crippen molar-refractivity contribution in [1.82, 2.24) is 14.5 Å². The molecule has 0 bridgehead atoms. The molecule has 0 fully saturated rings. The lowest BCUT2D eigenvalue weighted by Gasteiger charge is -2.13. The number of benzene rings is 9. The summed E-state index contributed by atoms with van der Waals surface area (Å²) < 4.78 is 2.36. The normalized spacial score (nSPS) is 12.3. The molecule has 0 saturated carbocycles. The van der Waals surface area contributed by atoms with E-state index < -0.39 is 0 Å². The van der Waals surface area contributed by atoms with E-state index in [2.05, 4.69) is 167 Å². The number of amidine groups is 1. The number of fused-ring (bicyclic) bond motifs is 5. The Balaban J connectivity index is 0.927. The van der Waals surface area contributed by atoms with Crippen molar-refractivity contribution in [2.24, 2.45) is 4.99 Å². The Morgan fingerprint density at radius 3 is 1.93 bits per heavy atom. The van der Waals surface area contributed by atoms with Gasteiger partial charge in [-0.3, -0.25) is 5.41 Å². The van der Waals surface area contributed by atoms with Gasteiger partial charge < -0.3 is 9.55 Å². The molecule has 270 valence electrons. The number of aromatic nitrogens is 3. The van der Waals surface area contributed by atoms with Crippen LogP contribution < -0.4 is 5.62 Å². The number of rotatable bonds is 4. The van der Waals surface area contributed by atoms with Gasteiger partial charge in [0.2, 0.25) is 5.62 Å². The van der Waals surface area contributed by atoms with E-state index in [9.17, 15) is 0 Å². The molecule has 0 unspecified atom stereocenters. The van der Waals surface area contributed by atoms with E-state index in [1.807, 2.05) is 30.3 Å². The Morgan fingerprint density at radius 1 is 0.483 bits per heavy atom. The number of nitrogens with zero attached hydrogens (tertiary/aromatic N) is 3. The van der Waals surface area contributed by atoms with E-state index in [0.717, 1.165) is 44.4 Å². The molecule has 5 heteroatoms. The summed E-state index contributed by atoms with van der Waals surface area (Å²) in [5, 5.41) is 17.6. The standard InChI is InChI=1S/C53H33N5/c54-52(57-53-55-45-17-6-5-14-44(45)51(56-53)35-22-19-33(20-23-35)38-24-21-32-9-1-2-10-37(32)31-38)36-25-28-39(29-26-36)58-46-18-8-16-43-41-13-4-3-12-40(41)42-15-7-11-34-27-30-47(58)50(48(34)42)49(43)46/h1-31H,(H2,54,55,56,57). The third-order valence-electron chi connectivity index (χ3n) is 11.8. The zero-order valence-corrected chi connectivity index (χ0v) is 31.2. The van der Waals surface area contributed by atoms with Crippen molar-refractivity contribution in [3.63, 3.8) is 0 Å². The molecule has 0 aliphatic heterocycles. The van der Waals surface area contributed by atoms with E-state index in [1.54, 1.807) is 0 Å². The minimum absolute atomic E-state index is 0.134. The molecule has 1 aliphatic carbocycles. The van der Waals surface area contributed by atoms with Crippen LogP contribution in [0.3, 0.4) is 0 Å². The van der Waals surface area contributed by atoms with Crippen molar-refractivity contribution in [2.75, 3.05) is 0 Å². The monoisotopic (exact) mass is 739 g/mol. The molecule has 0 radical (unpaired) electrons. The molecule has 5 nitrogen and oxygen atoms in total. The van der Waals surface area contributed by atoms with Crippen LogP contribution in [0, 0.1) is 5.41 Å². The third kappa shape index (κ3) is 4.93. The van der Waals surface area contributed by atoms with E-state index >= 15 is 0 Å². The highest BCUT2D eigenvalue weighted by molar-refractivity contribution is 6.30. The summed E-state index contributed by atoms with van der Waals surface area (Å²) in [5.41, 5.74) is 14.5. The van der Waals surface area contributed by atoms with Gasteiger partial charge in [0.1, 0.15) is 0 Å². The van der Waals surface area contributed by atoms with E-state index in [4.69, 9.17) is 15.4 Å². The largest absolute Gasteiger partial charge is 0.323 e. The minimum atomic E-state index is 0.134. The van der Waals surface area contributed by atoms with Crippen LogP contribution >= 0.6 is 0 Å². The second kappa shape index (κ2) is 12.6. The molecular weight excluding hydrogens is 707 g/mol. The summed E-state index contributed by atoms with van der Waals surface area (Å²) in [6.07, 6.45) is 0. The van der Waals surface area contributed by atoms with Gasteiger partial charge in [-0.1, -0.05) is 140 Å². The molecule has 11 aromatic rings. The molecule has 0 spiro atoms. The van der Waals surface area contributed by atoms with Gasteiger partial charge in [-0.15, -0.1) is 0 Å². The van der Waals surface area contributed by atoms with Gasteiger partial charge in [0.05, 0.1) is 22.2 Å². The predicted octanol–water partition coefficient (Wildman–Crippen LogP) is 12.9. The lowest BCUT2D eigenvalue weighted by atomic mass is 9.93. The van der Waals surface area contributed by atoms with Crippen LogP contribution in [0.15, 0.2) is 193 Å². The van der Waals surface area contributed by atoms with Crippen molar-refractivity contribution < 1.29 is 0 Å². The molecule has 0 amide bonds. The van der Waals surface area contributed by atoms with Crippen LogP contribution in [0.25, 0.3) is 105 Å². The molecule has 2 heterocycles. The van der Waals surface area contributed by atoms with Crippen molar-refractivity contribution in [1.29, 1.82) is 5.41 Å². The lowest BCUT2D eigenvalue weighted by Crippen LogP contribution is -2.17. The first-order valence-corrected chi connectivity index (χ1v) is 19.6. The topological polar surface area (TPSA) is 69.8 Å². The molecule has 58 heavy (non-hydrogen) atoms. The molecule has 2 N–H and O–H groups in total. The van der Waals surface area contributed by atoms with Crippen LogP contribution in [-0.2, 0) is 0 Å². The van der Waals surface area contributed by atoms with Crippen LogP contribution in [0.5, 0.6) is 0 Å². The van der Waals surface area contributed by atoms with Gasteiger partial charge in [0, 0.05) is 33.0 Å². The highest BCUT2D eigenvalue weighted by Gasteiger charge is 2.24. The van der Waals surface area contributed by atoms with Crippen LogP contribution in [0.2, 0.25) is 0 Å². The summed E-state index contributed by atoms with van der Waals surface area (Å²) >= 11 is 0. The fraction of sp³-hybridized carbons (Fsp3) is 0. The Bertz CT molecular complexity index is 3570. The number of hydrogen-bond donors (Lipinski definition) is 2. The fourth-order valence-corrected chi connectivity index (χ4v) is 9.12. The Labute approximate surface area is 333 Å². The second-order valence-corrected chi connectivity index (χ2v) is 15.0. The SMILES string of the molecule is N=C(/N=c1/nc(-c2ccc(-c3ccc4ccccc4c3)cc2)c2ccccc2[nH]1)c1ccc(-n2c3cccc4c3c3c5c(cccc5ccc32)-c2ccccc2-4)cc1. The van der Waals surface area contributed by atoms with Crippen molar-refractivity contribution in [3.05, 3.63) is 199 Å². The highest BCUT2D eigenvalue weighted by atomic mass is 15.0. The Hall–Kier alpha value is -7.89. The molecular formula is C53H33N5. The summed E-state index contributed by atoms with van der Waals surface area (Å²) in [5.74, 6) is 0.134. The molecule has 9 aromatic carbocycles. The van der Waals surface area contributed by atoms with Gasteiger partial charge in [-0.05, 0) is 103 Å². The van der Waals surface area contributed by atoms with Crippen LogP contribution in [-0.4, -0.2) is 20.4 Å². The van der Waals surface area contributed by atoms with Crippen molar-refractivity contribution in [3.8, 4) is 50.3 Å². The van der Waals surface area contributed by atoms with Crippen LogP contribution in [0.1, 0.15) is 5.56 Å². The van der Waals surface area contributed by atoms with Crippen molar-refractivity contribution in [2.45, 2.75) is 0 Å². The number of hydrogen-bond acceptors (Lipinski definition) is 2. The first-order chi connectivity index (χ1) is 28.7.